The lowest BCUT2D eigenvalue weighted by Crippen LogP contribution is -2.41. The maximum absolute atomic E-state index is 11.9. The number of hydrogen-bond donors (Lipinski definition) is 3. The molecule has 3 N–H and O–H groups in total. The predicted molar refractivity (Wildman–Crippen MR) is 79.2 cm³/mol. The molecule has 7 heteroatoms. The first-order valence-electron chi connectivity index (χ1n) is 5.68. The standard InChI is InChI=1S/C12H15Cl3N2O2/c1-6(18)5-16-7(2)12(19)17-11-9(14)3-8(13)4-10(11)15/h3-4,6-7,16,18H,5H2,1-2H3,(H,17,19)/t6-,7-/m1/s1. The maximum atomic E-state index is 11.9. The van der Waals surface area contributed by atoms with Crippen molar-refractivity contribution in [2.75, 3.05) is 11.9 Å². The van der Waals surface area contributed by atoms with E-state index in [9.17, 15) is 4.79 Å². The molecular weight excluding hydrogens is 311 g/mol. The van der Waals surface area contributed by atoms with E-state index in [-0.39, 0.29) is 16.0 Å². The summed E-state index contributed by atoms with van der Waals surface area (Å²) in [7, 11) is 0. The summed E-state index contributed by atoms with van der Waals surface area (Å²) < 4.78 is 0. The summed E-state index contributed by atoms with van der Waals surface area (Å²) in [6.45, 7) is 3.62. The van der Waals surface area contributed by atoms with Gasteiger partial charge in [0.25, 0.3) is 0 Å². The third kappa shape index (κ3) is 5.16. The highest BCUT2D eigenvalue weighted by Gasteiger charge is 2.16. The number of halogens is 3. The lowest BCUT2D eigenvalue weighted by atomic mass is 10.2. The van der Waals surface area contributed by atoms with E-state index >= 15 is 0 Å². The van der Waals surface area contributed by atoms with Crippen LogP contribution in [-0.4, -0.2) is 29.7 Å². The molecule has 1 aromatic rings. The molecule has 1 rings (SSSR count). The molecule has 106 valence electrons. The zero-order chi connectivity index (χ0) is 14.6. The van der Waals surface area contributed by atoms with E-state index in [0.29, 0.717) is 17.3 Å². The van der Waals surface area contributed by atoms with Crippen molar-refractivity contribution in [3.05, 3.63) is 27.2 Å². The second-order valence-electron chi connectivity index (χ2n) is 4.21. The summed E-state index contributed by atoms with van der Waals surface area (Å²) in [5.74, 6) is -0.299. The second kappa shape index (κ2) is 7.31. The van der Waals surface area contributed by atoms with Crippen LogP contribution in [0.5, 0.6) is 0 Å². The summed E-state index contributed by atoms with van der Waals surface area (Å²) in [6.07, 6.45) is -0.530. The van der Waals surface area contributed by atoms with E-state index in [4.69, 9.17) is 39.9 Å². The molecule has 0 aliphatic carbocycles. The van der Waals surface area contributed by atoms with Crippen LogP contribution in [0, 0.1) is 0 Å². The highest BCUT2D eigenvalue weighted by molar-refractivity contribution is 6.42. The minimum atomic E-state index is -0.530. The fourth-order valence-electron chi connectivity index (χ4n) is 1.33. The van der Waals surface area contributed by atoms with Crippen molar-refractivity contribution in [1.29, 1.82) is 0 Å². The SMILES string of the molecule is C[C@@H](O)CN[C@H](C)C(=O)Nc1c(Cl)cc(Cl)cc1Cl. The molecule has 0 spiro atoms. The molecule has 1 amide bonds. The Hall–Kier alpha value is -0.520. The van der Waals surface area contributed by atoms with Crippen LogP contribution in [-0.2, 0) is 4.79 Å². The number of amides is 1. The van der Waals surface area contributed by atoms with Crippen LogP contribution in [0.25, 0.3) is 0 Å². The first-order valence-corrected chi connectivity index (χ1v) is 6.81. The molecule has 0 radical (unpaired) electrons. The largest absolute Gasteiger partial charge is 0.392 e. The fraction of sp³-hybridized carbons (Fsp3) is 0.417. The Bertz CT molecular complexity index is 443. The lowest BCUT2D eigenvalue weighted by Gasteiger charge is -2.16. The third-order valence-electron chi connectivity index (χ3n) is 2.37. The van der Waals surface area contributed by atoms with Gasteiger partial charge in [-0.05, 0) is 26.0 Å². The molecule has 0 aliphatic heterocycles. The van der Waals surface area contributed by atoms with Gasteiger partial charge in [0.2, 0.25) is 5.91 Å². The zero-order valence-electron chi connectivity index (χ0n) is 10.5. The number of aliphatic hydroxyl groups excluding tert-OH is 1. The van der Waals surface area contributed by atoms with E-state index in [2.05, 4.69) is 10.6 Å². The molecule has 0 fully saturated rings. The molecule has 0 aliphatic rings. The fourth-order valence-corrected chi connectivity index (χ4v) is 2.24. The number of carbonyl (C=O) groups excluding carboxylic acids is 1. The lowest BCUT2D eigenvalue weighted by molar-refractivity contribution is -0.117. The van der Waals surface area contributed by atoms with Crippen molar-refractivity contribution < 1.29 is 9.90 Å². The topological polar surface area (TPSA) is 61.4 Å². The molecule has 0 heterocycles. The smallest absolute Gasteiger partial charge is 0.241 e. The van der Waals surface area contributed by atoms with E-state index < -0.39 is 12.1 Å². The van der Waals surface area contributed by atoms with E-state index in [0.717, 1.165) is 0 Å². The normalized spacial score (nSPS) is 14.0. The van der Waals surface area contributed by atoms with Gasteiger partial charge >= 0.3 is 0 Å². The molecule has 19 heavy (non-hydrogen) atoms. The molecule has 0 aromatic heterocycles. The van der Waals surface area contributed by atoms with Crippen LogP contribution in [0.1, 0.15) is 13.8 Å². The van der Waals surface area contributed by atoms with Crippen LogP contribution in [0.15, 0.2) is 12.1 Å². The van der Waals surface area contributed by atoms with Crippen LogP contribution in [0.4, 0.5) is 5.69 Å². The molecule has 2 atom stereocenters. The first-order chi connectivity index (χ1) is 8.81. The molecule has 0 bridgehead atoms. The van der Waals surface area contributed by atoms with Gasteiger partial charge in [-0.2, -0.15) is 0 Å². The number of rotatable bonds is 5. The second-order valence-corrected chi connectivity index (χ2v) is 5.46. The van der Waals surface area contributed by atoms with Gasteiger partial charge in [0.15, 0.2) is 0 Å². The zero-order valence-corrected chi connectivity index (χ0v) is 12.8. The van der Waals surface area contributed by atoms with Crippen LogP contribution >= 0.6 is 34.8 Å². The summed E-state index contributed by atoms with van der Waals surface area (Å²) >= 11 is 17.7. The quantitative estimate of drug-likeness (QED) is 0.780. The predicted octanol–water partition coefficient (Wildman–Crippen LogP) is 2.94. The highest BCUT2D eigenvalue weighted by Crippen LogP contribution is 2.33. The number of benzene rings is 1. The molecule has 0 saturated heterocycles. The highest BCUT2D eigenvalue weighted by atomic mass is 35.5. The minimum absolute atomic E-state index is 0.272. The Labute approximate surface area is 127 Å². The summed E-state index contributed by atoms with van der Waals surface area (Å²) in [6, 6.07) is 2.51. The first kappa shape index (κ1) is 16.5. The molecule has 0 saturated carbocycles. The molecule has 0 unspecified atom stereocenters. The number of nitrogens with one attached hydrogen (secondary N) is 2. The summed E-state index contributed by atoms with van der Waals surface area (Å²) in [5, 5.41) is 15.6. The Kier molecular flexibility index (Phi) is 6.36. The van der Waals surface area contributed by atoms with Crippen molar-refractivity contribution >= 4 is 46.4 Å². The van der Waals surface area contributed by atoms with E-state index in [1.54, 1.807) is 13.8 Å². The third-order valence-corrected chi connectivity index (χ3v) is 3.18. The van der Waals surface area contributed by atoms with Crippen molar-refractivity contribution in [1.82, 2.24) is 5.32 Å². The molecule has 1 aromatic carbocycles. The molecular formula is C12H15Cl3N2O2. The average molecular weight is 326 g/mol. The number of anilines is 1. The Morgan fingerprint density at radius 3 is 2.26 bits per heavy atom. The van der Waals surface area contributed by atoms with E-state index in [1.165, 1.54) is 12.1 Å². The van der Waals surface area contributed by atoms with Gasteiger partial charge in [-0.3, -0.25) is 4.79 Å². The van der Waals surface area contributed by atoms with Crippen LogP contribution in [0.2, 0.25) is 15.1 Å². The van der Waals surface area contributed by atoms with E-state index in [1.807, 2.05) is 0 Å². The molecule has 4 nitrogen and oxygen atoms in total. The Morgan fingerprint density at radius 2 is 1.79 bits per heavy atom. The number of hydrogen-bond acceptors (Lipinski definition) is 3. The summed E-state index contributed by atoms with van der Waals surface area (Å²) in [4.78, 5) is 11.9. The van der Waals surface area contributed by atoms with Gasteiger partial charge in [-0.25, -0.2) is 0 Å². The monoisotopic (exact) mass is 324 g/mol. The maximum Gasteiger partial charge on any atom is 0.241 e. The van der Waals surface area contributed by atoms with Gasteiger partial charge in [-0.15, -0.1) is 0 Å². The number of carbonyl (C=O) groups is 1. The van der Waals surface area contributed by atoms with Crippen LogP contribution in [0.3, 0.4) is 0 Å². The summed E-state index contributed by atoms with van der Waals surface area (Å²) in [5.41, 5.74) is 0.323. The van der Waals surface area contributed by atoms with Gasteiger partial charge in [0.05, 0.1) is 27.9 Å². The van der Waals surface area contributed by atoms with Crippen molar-refractivity contribution in [2.24, 2.45) is 0 Å². The van der Waals surface area contributed by atoms with Gasteiger partial charge in [-0.1, -0.05) is 34.8 Å². The Morgan fingerprint density at radius 1 is 1.26 bits per heavy atom. The van der Waals surface area contributed by atoms with Gasteiger partial charge in [0.1, 0.15) is 0 Å². The minimum Gasteiger partial charge on any atom is -0.392 e. The van der Waals surface area contributed by atoms with Crippen molar-refractivity contribution in [3.63, 3.8) is 0 Å². The van der Waals surface area contributed by atoms with Gasteiger partial charge < -0.3 is 15.7 Å². The van der Waals surface area contributed by atoms with Crippen molar-refractivity contribution in [2.45, 2.75) is 26.0 Å². The Balaban J connectivity index is 2.72. The average Bonchev–Trinajstić information content (AvgIpc) is 2.30. The number of aliphatic hydroxyl groups is 1. The van der Waals surface area contributed by atoms with Crippen molar-refractivity contribution in [3.8, 4) is 0 Å². The van der Waals surface area contributed by atoms with Gasteiger partial charge in [0, 0.05) is 11.6 Å². The van der Waals surface area contributed by atoms with Crippen LogP contribution < -0.4 is 10.6 Å².